The molecule has 6 heteroatoms. The molecule has 1 atom stereocenters. The number of nitrogens with zero attached hydrogens (tertiary/aromatic N) is 4. The van der Waals surface area contributed by atoms with Crippen LogP contribution in [-0.4, -0.2) is 66.4 Å². The van der Waals surface area contributed by atoms with Crippen LogP contribution < -0.4 is 0 Å². The lowest BCUT2D eigenvalue weighted by Crippen LogP contribution is -2.46. The van der Waals surface area contributed by atoms with Crippen LogP contribution in [-0.2, 0) is 11.3 Å². The lowest BCUT2D eigenvalue weighted by atomic mass is 10.2. The van der Waals surface area contributed by atoms with Crippen molar-refractivity contribution >= 4 is 0 Å². The molecule has 0 amide bonds. The zero-order chi connectivity index (χ0) is 12.3. The molecular formula is C11H20N4O2. The van der Waals surface area contributed by atoms with Crippen LogP contribution in [0.15, 0.2) is 4.52 Å². The van der Waals surface area contributed by atoms with E-state index in [-0.39, 0.29) is 6.10 Å². The highest BCUT2D eigenvalue weighted by Crippen LogP contribution is 2.09. The second-order valence-corrected chi connectivity index (χ2v) is 4.72. The lowest BCUT2D eigenvalue weighted by molar-refractivity contribution is -0.0414. The van der Waals surface area contributed by atoms with Crippen molar-refractivity contribution < 1.29 is 9.26 Å². The summed E-state index contributed by atoms with van der Waals surface area (Å²) >= 11 is 0. The van der Waals surface area contributed by atoms with Gasteiger partial charge in [0.2, 0.25) is 5.89 Å². The summed E-state index contributed by atoms with van der Waals surface area (Å²) in [6.07, 6.45) is 0.270. The predicted molar refractivity (Wildman–Crippen MR) is 62.6 cm³/mol. The van der Waals surface area contributed by atoms with Crippen LogP contribution in [0, 0.1) is 6.92 Å². The van der Waals surface area contributed by atoms with Gasteiger partial charge in [-0.25, -0.2) is 0 Å². The molecule has 1 aliphatic heterocycles. The van der Waals surface area contributed by atoms with E-state index in [1.807, 2.05) is 6.92 Å². The Morgan fingerprint density at radius 1 is 1.47 bits per heavy atom. The predicted octanol–water partition coefficient (Wildman–Crippen LogP) is 0.140. The van der Waals surface area contributed by atoms with Gasteiger partial charge in [-0.05, 0) is 14.1 Å². The minimum atomic E-state index is 0.270. The number of ether oxygens (including phenoxy) is 1. The molecule has 17 heavy (non-hydrogen) atoms. The van der Waals surface area contributed by atoms with Crippen molar-refractivity contribution in [3.8, 4) is 0 Å². The van der Waals surface area contributed by atoms with E-state index < -0.39 is 0 Å². The lowest BCUT2D eigenvalue weighted by Gasteiger charge is -2.33. The van der Waals surface area contributed by atoms with Crippen molar-refractivity contribution in [3.63, 3.8) is 0 Å². The molecule has 0 N–H and O–H groups in total. The Kier molecular flexibility index (Phi) is 4.09. The standard InChI is InChI=1S/C11H20N4O2/c1-9-12-11(13-17-9)8-15-4-5-16-10(7-15)6-14(2)3/h10H,4-8H2,1-3H3/t10-/m1/s1. The first-order valence-electron chi connectivity index (χ1n) is 5.91. The molecule has 1 aromatic heterocycles. The third kappa shape index (κ3) is 3.76. The Labute approximate surface area is 102 Å². The average molecular weight is 240 g/mol. The molecule has 96 valence electrons. The molecule has 0 aromatic carbocycles. The highest BCUT2D eigenvalue weighted by molar-refractivity contribution is 4.85. The quantitative estimate of drug-likeness (QED) is 0.746. The minimum Gasteiger partial charge on any atom is -0.374 e. The third-order valence-corrected chi connectivity index (χ3v) is 2.73. The number of aromatic nitrogens is 2. The van der Waals surface area contributed by atoms with Crippen LogP contribution >= 0.6 is 0 Å². The van der Waals surface area contributed by atoms with Gasteiger partial charge in [0, 0.05) is 26.6 Å². The van der Waals surface area contributed by atoms with Crippen LogP contribution in [0.1, 0.15) is 11.7 Å². The molecule has 1 aliphatic rings. The molecule has 0 unspecified atom stereocenters. The van der Waals surface area contributed by atoms with Crippen molar-refractivity contribution in [2.75, 3.05) is 40.3 Å². The van der Waals surface area contributed by atoms with Crippen LogP contribution in [0.3, 0.4) is 0 Å². The summed E-state index contributed by atoms with van der Waals surface area (Å²) in [7, 11) is 4.12. The van der Waals surface area contributed by atoms with Crippen molar-refractivity contribution in [3.05, 3.63) is 11.7 Å². The Bertz CT molecular complexity index is 353. The summed E-state index contributed by atoms with van der Waals surface area (Å²) in [6, 6.07) is 0. The second kappa shape index (κ2) is 5.57. The summed E-state index contributed by atoms with van der Waals surface area (Å²) in [5.41, 5.74) is 0. The fourth-order valence-electron chi connectivity index (χ4n) is 2.05. The zero-order valence-electron chi connectivity index (χ0n) is 10.7. The number of likely N-dealkylation sites (N-methyl/N-ethyl adjacent to an activating group) is 1. The van der Waals surface area contributed by atoms with Gasteiger partial charge in [-0.15, -0.1) is 0 Å². The van der Waals surface area contributed by atoms with Gasteiger partial charge in [0.15, 0.2) is 5.82 Å². The molecule has 6 nitrogen and oxygen atoms in total. The summed E-state index contributed by atoms with van der Waals surface area (Å²) in [5, 5.41) is 3.92. The van der Waals surface area contributed by atoms with E-state index in [1.54, 1.807) is 0 Å². The van der Waals surface area contributed by atoms with E-state index in [4.69, 9.17) is 9.26 Å². The summed E-state index contributed by atoms with van der Waals surface area (Å²) < 4.78 is 10.7. The molecule has 0 aliphatic carbocycles. The Morgan fingerprint density at radius 3 is 2.94 bits per heavy atom. The van der Waals surface area contributed by atoms with E-state index >= 15 is 0 Å². The maximum atomic E-state index is 5.71. The Morgan fingerprint density at radius 2 is 2.29 bits per heavy atom. The van der Waals surface area contributed by atoms with Gasteiger partial charge in [0.1, 0.15) is 0 Å². The van der Waals surface area contributed by atoms with Crippen LogP contribution in [0.2, 0.25) is 0 Å². The summed E-state index contributed by atoms with van der Waals surface area (Å²) in [6.45, 7) is 6.12. The highest BCUT2D eigenvalue weighted by Gasteiger charge is 2.22. The number of aryl methyl sites for hydroxylation is 1. The second-order valence-electron chi connectivity index (χ2n) is 4.72. The van der Waals surface area contributed by atoms with Gasteiger partial charge < -0.3 is 14.2 Å². The molecule has 0 bridgehead atoms. The first-order valence-corrected chi connectivity index (χ1v) is 5.91. The monoisotopic (exact) mass is 240 g/mol. The van der Waals surface area contributed by atoms with Crippen LogP contribution in [0.25, 0.3) is 0 Å². The fourth-order valence-corrected chi connectivity index (χ4v) is 2.05. The van der Waals surface area contributed by atoms with Crippen molar-refractivity contribution in [2.45, 2.75) is 19.6 Å². The number of rotatable bonds is 4. The van der Waals surface area contributed by atoms with Gasteiger partial charge in [0.05, 0.1) is 19.3 Å². The molecule has 0 saturated carbocycles. The molecule has 1 fully saturated rings. The van der Waals surface area contributed by atoms with Crippen molar-refractivity contribution in [1.82, 2.24) is 19.9 Å². The third-order valence-electron chi connectivity index (χ3n) is 2.73. The first kappa shape index (κ1) is 12.5. The maximum Gasteiger partial charge on any atom is 0.223 e. The van der Waals surface area contributed by atoms with E-state index in [1.165, 1.54) is 0 Å². The molecule has 2 heterocycles. The Balaban J connectivity index is 1.85. The van der Waals surface area contributed by atoms with Crippen molar-refractivity contribution in [2.24, 2.45) is 0 Å². The van der Waals surface area contributed by atoms with E-state index in [9.17, 15) is 0 Å². The molecular weight excluding hydrogens is 220 g/mol. The van der Waals surface area contributed by atoms with E-state index in [0.717, 1.165) is 38.6 Å². The van der Waals surface area contributed by atoms with Crippen LogP contribution in [0.5, 0.6) is 0 Å². The van der Waals surface area contributed by atoms with Crippen molar-refractivity contribution in [1.29, 1.82) is 0 Å². The van der Waals surface area contributed by atoms with E-state index in [2.05, 4.69) is 34.0 Å². The molecule has 1 aromatic rings. The largest absolute Gasteiger partial charge is 0.374 e. The number of hydrogen-bond acceptors (Lipinski definition) is 6. The molecule has 0 radical (unpaired) electrons. The minimum absolute atomic E-state index is 0.270. The summed E-state index contributed by atoms with van der Waals surface area (Å²) in [4.78, 5) is 8.67. The fraction of sp³-hybridized carbons (Fsp3) is 0.818. The first-order chi connectivity index (χ1) is 8.13. The van der Waals surface area contributed by atoms with Gasteiger partial charge in [-0.2, -0.15) is 4.98 Å². The summed E-state index contributed by atoms with van der Waals surface area (Å²) in [5.74, 6) is 1.38. The SMILES string of the molecule is Cc1nc(CN2CCO[C@H](CN(C)C)C2)no1. The topological polar surface area (TPSA) is 54.6 Å². The molecule has 2 rings (SSSR count). The number of morpholine rings is 1. The van der Waals surface area contributed by atoms with E-state index in [0.29, 0.717) is 5.89 Å². The normalized spacial score (nSPS) is 22.2. The molecule has 1 saturated heterocycles. The Hall–Kier alpha value is -0.980. The van der Waals surface area contributed by atoms with Crippen LogP contribution in [0.4, 0.5) is 0 Å². The number of hydrogen-bond donors (Lipinski definition) is 0. The van der Waals surface area contributed by atoms with Gasteiger partial charge in [0.25, 0.3) is 0 Å². The maximum absolute atomic E-state index is 5.71. The van der Waals surface area contributed by atoms with Gasteiger partial charge in [-0.1, -0.05) is 5.16 Å². The van der Waals surface area contributed by atoms with Gasteiger partial charge >= 0.3 is 0 Å². The van der Waals surface area contributed by atoms with Gasteiger partial charge in [-0.3, -0.25) is 4.90 Å². The zero-order valence-corrected chi connectivity index (χ0v) is 10.7. The average Bonchev–Trinajstić information content (AvgIpc) is 2.63. The smallest absolute Gasteiger partial charge is 0.223 e. The molecule has 0 spiro atoms. The highest BCUT2D eigenvalue weighted by atomic mass is 16.5.